The molecule has 0 amide bonds. The summed E-state index contributed by atoms with van der Waals surface area (Å²) in [6, 6.07) is 11.4. The fraction of sp³-hybridized carbons (Fsp3) is 0.600. The average molecular weight is 251 g/mol. The maximum absolute atomic E-state index is 3.63. The standard InChI is InChI=1S/C15H25NS/c1-4-11-16-15(5-2)13(3)17-12-14-9-7-6-8-10-14/h6-10,13,15-16H,4-5,11-12H2,1-3H3. The fourth-order valence-corrected chi connectivity index (χ4v) is 3.06. The van der Waals surface area contributed by atoms with Gasteiger partial charge in [0.15, 0.2) is 0 Å². The second kappa shape index (κ2) is 8.60. The molecule has 0 aliphatic heterocycles. The van der Waals surface area contributed by atoms with Crippen LogP contribution < -0.4 is 5.32 Å². The Kier molecular flexibility index (Phi) is 7.38. The van der Waals surface area contributed by atoms with E-state index in [4.69, 9.17) is 0 Å². The first-order valence-corrected chi connectivity index (χ1v) is 7.71. The second-order valence-corrected chi connectivity index (χ2v) is 5.84. The van der Waals surface area contributed by atoms with Crippen LogP contribution in [0.5, 0.6) is 0 Å². The van der Waals surface area contributed by atoms with Crippen molar-refractivity contribution in [3.05, 3.63) is 35.9 Å². The maximum atomic E-state index is 3.63. The number of rotatable bonds is 8. The van der Waals surface area contributed by atoms with Crippen molar-refractivity contribution in [2.45, 2.75) is 50.7 Å². The molecule has 1 aromatic rings. The van der Waals surface area contributed by atoms with Crippen molar-refractivity contribution in [3.63, 3.8) is 0 Å². The van der Waals surface area contributed by atoms with Crippen LogP contribution in [0.1, 0.15) is 39.2 Å². The quantitative estimate of drug-likeness (QED) is 0.747. The minimum Gasteiger partial charge on any atom is -0.313 e. The van der Waals surface area contributed by atoms with E-state index in [1.165, 1.54) is 18.4 Å². The molecule has 0 aliphatic carbocycles. The Bertz CT molecular complexity index is 286. The van der Waals surface area contributed by atoms with E-state index in [1.807, 2.05) is 0 Å². The minimum atomic E-state index is 0.642. The zero-order chi connectivity index (χ0) is 12.5. The van der Waals surface area contributed by atoms with Gasteiger partial charge in [-0.1, -0.05) is 51.1 Å². The summed E-state index contributed by atoms with van der Waals surface area (Å²) in [4.78, 5) is 0. The van der Waals surface area contributed by atoms with Gasteiger partial charge < -0.3 is 5.32 Å². The first-order chi connectivity index (χ1) is 8.27. The summed E-state index contributed by atoms with van der Waals surface area (Å²) in [7, 11) is 0. The van der Waals surface area contributed by atoms with Crippen LogP contribution in [0, 0.1) is 0 Å². The zero-order valence-electron chi connectivity index (χ0n) is 11.3. The molecule has 1 nitrogen and oxygen atoms in total. The van der Waals surface area contributed by atoms with Gasteiger partial charge in [-0.25, -0.2) is 0 Å². The molecule has 0 saturated carbocycles. The Morgan fingerprint density at radius 1 is 1.18 bits per heavy atom. The van der Waals surface area contributed by atoms with Gasteiger partial charge in [0.1, 0.15) is 0 Å². The largest absolute Gasteiger partial charge is 0.313 e. The molecule has 17 heavy (non-hydrogen) atoms. The Hall–Kier alpha value is -0.470. The van der Waals surface area contributed by atoms with E-state index in [-0.39, 0.29) is 0 Å². The molecule has 0 aromatic heterocycles. The molecule has 0 fully saturated rings. The van der Waals surface area contributed by atoms with Crippen molar-refractivity contribution >= 4 is 11.8 Å². The molecule has 0 heterocycles. The predicted octanol–water partition coefficient (Wildman–Crippen LogP) is 4.09. The van der Waals surface area contributed by atoms with E-state index in [0.29, 0.717) is 11.3 Å². The summed E-state index contributed by atoms with van der Waals surface area (Å²) in [6.07, 6.45) is 2.43. The van der Waals surface area contributed by atoms with E-state index in [9.17, 15) is 0 Å². The third kappa shape index (κ3) is 5.60. The Morgan fingerprint density at radius 3 is 2.47 bits per heavy atom. The van der Waals surface area contributed by atoms with Crippen LogP contribution in [0.15, 0.2) is 30.3 Å². The molecule has 0 saturated heterocycles. The van der Waals surface area contributed by atoms with Crippen LogP contribution in [0.3, 0.4) is 0 Å². The minimum absolute atomic E-state index is 0.642. The summed E-state index contributed by atoms with van der Waals surface area (Å²) < 4.78 is 0. The lowest BCUT2D eigenvalue weighted by atomic mass is 10.1. The van der Waals surface area contributed by atoms with Gasteiger partial charge in [0, 0.05) is 17.0 Å². The molecule has 2 atom stereocenters. The lowest BCUT2D eigenvalue weighted by Crippen LogP contribution is -2.36. The third-order valence-electron chi connectivity index (χ3n) is 3.02. The maximum Gasteiger partial charge on any atom is 0.0187 e. The summed E-state index contributed by atoms with van der Waals surface area (Å²) in [6.45, 7) is 7.97. The molecular weight excluding hydrogens is 226 g/mol. The molecule has 1 rings (SSSR count). The molecule has 0 spiro atoms. The van der Waals surface area contributed by atoms with Crippen LogP contribution in [-0.4, -0.2) is 17.8 Å². The van der Waals surface area contributed by atoms with Gasteiger partial charge in [-0.2, -0.15) is 11.8 Å². The summed E-state index contributed by atoms with van der Waals surface area (Å²) in [5.74, 6) is 1.12. The van der Waals surface area contributed by atoms with E-state index in [0.717, 1.165) is 12.3 Å². The average Bonchev–Trinajstić information content (AvgIpc) is 2.38. The number of benzene rings is 1. The lowest BCUT2D eigenvalue weighted by Gasteiger charge is -2.23. The number of thioether (sulfide) groups is 1. The van der Waals surface area contributed by atoms with Crippen molar-refractivity contribution in [2.75, 3.05) is 6.54 Å². The van der Waals surface area contributed by atoms with Gasteiger partial charge in [0.2, 0.25) is 0 Å². The Morgan fingerprint density at radius 2 is 1.88 bits per heavy atom. The second-order valence-electron chi connectivity index (χ2n) is 4.47. The van der Waals surface area contributed by atoms with E-state index in [2.05, 4.69) is 68.2 Å². The Labute approximate surface area is 110 Å². The monoisotopic (exact) mass is 251 g/mol. The van der Waals surface area contributed by atoms with Gasteiger partial charge in [-0.15, -0.1) is 0 Å². The van der Waals surface area contributed by atoms with Crippen molar-refractivity contribution < 1.29 is 0 Å². The summed E-state index contributed by atoms with van der Waals surface area (Å²) >= 11 is 2.05. The van der Waals surface area contributed by atoms with Gasteiger partial charge >= 0.3 is 0 Å². The highest BCUT2D eigenvalue weighted by Crippen LogP contribution is 2.21. The van der Waals surface area contributed by atoms with Crippen molar-refractivity contribution in [3.8, 4) is 0 Å². The zero-order valence-corrected chi connectivity index (χ0v) is 12.1. The summed E-state index contributed by atoms with van der Waals surface area (Å²) in [5.41, 5.74) is 1.43. The van der Waals surface area contributed by atoms with Gasteiger partial charge in [0.05, 0.1) is 0 Å². The molecule has 1 aromatic carbocycles. The van der Waals surface area contributed by atoms with Crippen LogP contribution in [0.2, 0.25) is 0 Å². The summed E-state index contributed by atoms with van der Waals surface area (Å²) in [5, 5.41) is 4.31. The molecule has 0 aliphatic rings. The predicted molar refractivity (Wildman–Crippen MR) is 79.6 cm³/mol. The van der Waals surface area contributed by atoms with Crippen LogP contribution in [0.4, 0.5) is 0 Å². The highest BCUT2D eigenvalue weighted by atomic mass is 32.2. The van der Waals surface area contributed by atoms with E-state index >= 15 is 0 Å². The van der Waals surface area contributed by atoms with Gasteiger partial charge in [0.25, 0.3) is 0 Å². The number of hydrogen-bond donors (Lipinski definition) is 1. The molecule has 2 unspecified atom stereocenters. The van der Waals surface area contributed by atoms with Crippen LogP contribution in [-0.2, 0) is 5.75 Å². The van der Waals surface area contributed by atoms with E-state index in [1.54, 1.807) is 0 Å². The molecule has 1 N–H and O–H groups in total. The highest BCUT2D eigenvalue weighted by Gasteiger charge is 2.14. The number of hydrogen-bond acceptors (Lipinski definition) is 2. The van der Waals surface area contributed by atoms with Crippen molar-refractivity contribution in [1.82, 2.24) is 5.32 Å². The Balaban J connectivity index is 2.34. The first kappa shape index (κ1) is 14.6. The molecule has 0 radical (unpaired) electrons. The molecule has 0 bridgehead atoms. The molecular formula is C15H25NS. The van der Waals surface area contributed by atoms with Crippen LogP contribution in [0.25, 0.3) is 0 Å². The van der Waals surface area contributed by atoms with Crippen molar-refractivity contribution in [1.29, 1.82) is 0 Å². The highest BCUT2D eigenvalue weighted by molar-refractivity contribution is 7.99. The number of nitrogens with one attached hydrogen (secondary N) is 1. The fourth-order valence-electron chi connectivity index (χ4n) is 1.89. The van der Waals surface area contributed by atoms with Gasteiger partial charge in [-0.3, -0.25) is 0 Å². The molecule has 2 heteroatoms. The molecule has 96 valence electrons. The smallest absolute Gasteiger partial charge is 0.0187 e. The first-order valence-electron chi connectivity index (χ1n) is 6.66. The SMILES string of the molecule is CCCNC(CC)C(C)SCc1ccccc1. The van der Waals surface area contributed by atoms with Gasteiger partial charge in [-0.05, 0) is 24.9 Å². The normalized spacial score (nSPS) is 14.5. The topological polar surface area (TPSA) is 12.0 Å². The third-order valence-corrected chi connectivity index (χ3v) is 4.37. The van der Waals surface area contributed by atoms with Crippen molar-refractivity contribution in [2.24, 2.45) is 0 Å². The lowest BCUT2D eigenvalue weighted by molar-refractivity contribution is 0.493. The van der Waals surface area contributed by atoms with Crippen LogP contribution >= 0.6 is 11.8 Å². The van der Waals surface area contributed by atoms with E-state index < -0.39 is 0 Å².